The molecule has 0 nitrogen and oxygen atoms in total. The molecule has 1 aromatic carbocycles. The van der Waals surface area contributed by atoms with Gasteiger partial charge in [-0.15, -0.1) is 0 Å². The Labute approximate surface area is 101 Å². The smallest absolute Gasteiger partial charge is 0.0151 e. The van der Waals surface area contributed by atoms with Crippen LogP contribution in [0.25, 0.3) is 0 Å². The van der Waals surface area contributed by atoms with E-state index in [2.05, 4.69) is 47.1 Å². The molecule has 1 fully saturated rings. The van der Waals surface area contributed by atoms with Crippen LogP contribution in [0, 0.1) is 0 Å². The van der Waals surface area contributed by atoms with Crippen LogP contribution in [0.15, 0.2) is 24.3 Å². The highest BCUT2D eigenvalue weighted by molar-refractivity contribution is 9.09. The van der Waals surface area contributed by atoms with Crippen LogP contribution in [0.5, 0.6) is 0 Å². The number of aryl methyl sites for hydroxylation is 1. The number of hydrogen-bond donors (Lipinski definition) is 0. The summed E-state index contributed by atoms with van der Waals surface area (Å²) in [5.74, 6) is 0.787. The molecule has 0 N–H and O–H groups in total. The van der Waals surface area contributed by atoms with Crippen molar-refractivity contribution in [2.75, 3.05) is 0 Å². The van der Waals surface area contributed by atoms with E-state index in [4.69, 9.17) is 0 Å². The number of alkyl halides is 1. The Morgan fingerprint density at radius 3 is 2.93 bits per heavy atom. The molecule has 1 aromatic rings. The Bertz CT molecular complexity index is 319. The Morgan fingerprint density at radius 2 is 2.20 bits per heavy atom. The molecular formula is C14H19Br. The van der Waals surface area contributed by atoms with Crippen LogP contribution in [-0.2, 0) is 6.42 Å². The van der Waals surface area contributed by atoms with E-state index in [9.17, 15) is 0 Å². The topological polar surface area (TPSA) is 0 Å². The zero-order chi connectivity index (χ0) is 10.7. The Kier molecular flexibility index (Phi) is 3.85. The molecule has 1 aliphatic rings. The lowest BCUT2D eigenvalue weighted by Crippen LogP contribution is -2.13. The first kappa shape index (κ1) is 11.2. The third kappa shape index (κ3) is 2.84. The predicted molar refractivity (Wildman–Crippen MR) is 69.7 cm³/mol. The van der Waals surface area contributed by atoms with Gasteiger partial charge < -0.3 is 0 Å². The van der Waals surface area contributed by atoms with Gasteiger partial charge in [-0.05, 0) is 42.7 Å². The van der Waals surface area contributed by atoms with Crippen LogP contribution in [-0.4, -0.2) is 4.83 Å². The van der Waals surface area contributed by atoms with E-state index in [0.717, 1.165) is 17.2 Å². The highest BCUT2D eigenvalue weighted by Crippen LogP contribution is 2.36. The monoisotopic (exact) mass is 266 g/mol. The number of hydrogen-bond acceptors (Lipinski definition) is 0. The van der Waals surface area contributed by atoms with Gasteiger partial charge in [0.2, 0.25) is 0 Å². The van der Waals surface area contributed by atoms with Crippen LogP contribution in [0.4, 0.5) is 0 Å². The van der Waals surface area contributed by atoms with Gasteiger partial charge in [0.15, 0.2) is 0 Å². The van der Waals surface area contributed by atoms with E-state index in [1.165, 1.54) is 31.2 Å². The molecule has 0 bridgehead atoms. The van der Waals surface area contributed by atoms with Crippen molar-refractivity contribution in [3.8, 4) is 0 Å². The molecular weight excluding hydrogens is 248 g/mol. The minimum absolute atomic E-state index is 0.738. The van der Waals surface area contributed by atoms with Crippen molar-refractivity contribution < 1.29 is 0 Å². The van der Waals surface area contributed by atoms with Gasteiger partial charge in [0.05, 0.1) is 0 Å². The molecule has 0 heterocycles. The van der Waals surface area contributed by atoms with Crippen molar-refractivity contribution in [1.29, 1.82) is 0 Å². The first-order chi connectivity index (χ1) is 7.29. The van der Waals surface area contributed by atoms with E-state index in [-0.39, 0.29) is 0 Å². The Morgan fingerprint density at radius 1 is 1.33 bits per heavy atom. The fourth-order valence-corrected chi connectivity index (χ4v) is 3.27. The van der Waals surface area contributed by atoms with Crippen molar-refractivity contribution in [1.82, 2.24) is 0 Å². The minimum atomic E-state index is 0.738. The van der Waals surface area contributed by atoms with Gasteiger partial charge in [0, 0.05) is 4.83 Å². The summed E-state index contributed by atoms with van der Waals surface area (Å²) in [7, 11) is 0. The maximum atomic E-state index is 3.76. The molecule has 0 radical (unpaired) electrons. The second kappa shape index (κ2) is 5.16. The summed E-state index contributed by atoms with van der Waals surface area (Å²) in [5.41, 5.74) is 3.03. The molecule has 0 saturated heterocycles. The quantitative estimate of drug-likeness (QED) is 0.683. The van der Waals surface area contributed by atoms with Crippen LogP contribution in [0.1, 0.15) is 49.7 Å². The Balaban J connectivity index is 2.13. The third-order valence-corrected chi connectivity index (χ3v) is 4.27. The molecule has 2 rings (SSSR count). The highest BCUT2D eigenvalue weighted by atomic mass is 79.9. The van der Waals surface area contributed by atoms with Gasteiger partial charge in [-0.25, -0.2) is 0 Å². The average molecular weight is 267 g/mol. The first-order valence-corrected chi connectivity index (χ1v) is 6.94. The zero-order valence-corrected chi connectivity index (χ0v) is 11.0. The summed E-state index contributed by atoms with van der Waals surface area (Å²) in [4.78, 5) is 0.738. The third-order valence-electron chi connectivity index (χ3n) is 3.44. The van der Waals surface area contributed by atoms with Gasteiger partial charge in [0.1, 0.15) is 0 Å². The van der Waals surface area contributed by atoms with Crippen molar-refractivity contribution in [3.05, 3.63) is 35.4 Å². The van der Waals surface area contributed by atoms with Crippen molar-refractivity contribution in [2.45, 2.75) is 49.8 Å². The second-order valence-electron chi connectivity index (χ2n) is 4.56. The minimum Gasteiger partial charge on any atom is -0.0890 e. The largest absolute Gasteiger partial charge is 0.0890 e. The summed E-state index contributed by atoms with van der Waals surface area (Å²) in [5, 5.41) is 0. The number of rotatable bonds is 2. The maximum Gasteiger partial charge on any atom is 0.0151 e. The molecule has 1 aliphatic carbocycles. The van der Waals surface area contributed by atoms with E-state index < -0.39 is 0 Å². The lowest BCUT2D eigenvalue weighted by molar-refractivity contribution is 0.458. The second-order valence-corrected chi connectivity index (χ2v) is 5.85. The van der Waals surface area contributed by atoms with Gasteiger partial charge in [0.25, 0.3) is 0 Å². The summed E-state index contributed by atoms with van der Waals surface area (Å²) < 4.78 is 0. The van der Waals surface area contributed by atoms with E-state index in [0.29, 0.717) is 0 Å². The lowest BCUT2D eigenvalue weighted by Gasteiger charge is -2.26. The molecule has 0 aliphatic heterocycles. The van der Waals surface area contributed by atoms with Gasteiger partial charge >= 0.3 is 0 Å². The van der Waals surface area contributed by atoms with Gasteiger partial charge in [-0.2, -0.15) is 0 Å². The molecule has 82 valence electrons. The molecule has 0 amide bonds. The van der Waals surface area contributed by atoms with Gasteiger partial charge in [-0.1, -0.05) is 53.5 Å². The average Bonchev–Trinajstić information content (AvgIpc) is 2.29. The fraction of sp³-hybridized carbons (Fsp3) is 0.571. The summed E-state index contributed by atoms with van der Waals surface area (Å²) in [6.07, 6.45) is 6.56. The predicted octanol–water partition coefficient (Wildman–Crippen LogP) is 4.67. The van der Waals surface area contributed by atoms with E-state index in [1.807, 2.05) is 0 Å². The molecule has 1 heteroatoms. The molecule has 1 saturated carbocycles. The maximum absolute atomic E-state index is 3.76. The van der Waals surface area contributed by atoms with Crippen LogP contribution in [0.2, 0.25) is 0 Å². The lowest BCUT2D eigenvalue weighted by atomic mass is 9.83. The van der Waals surface area contributed by atoms with E-state index in [1.54, 1.807) is 5.56 Å². The van der Waals surface area contributed by atoms with Crippen LogP contribution >= 0.6 is 15.9 Å². The molecule has 0 aromatic heterocycles. The summed E-state index contributed by atoms with van der Waals surface area (Å²) in [6, 6.07) is 9.15. The molecule has 2 unspecified atom stereocenters. The summed E-state index contributed by atoms with van der Waals surface area (Å²) in [6.45, 7) is 2.23. The van der Waals surface area contributed by atoms with Crippen molar-refractivity contribution in [3.63, 3.8) is 0 Å². The molecule has 0 spiro atoms. The van der Waals surface area contributed by atoms with Crippen LogP contribution in [0.3, 0.4) is 0 Å². The van der Waals surface area contributed by atoms with Crippen molar-refractivity contribution in [2.24, 2.45) is 0 Å². The van der Waals surface area contributed by atoms with Gasteiger partial charge in [-0.3, -0.25) is 0 Å². The zero-order valence-electron chi connectivity index (χ0n) is 9.38. The van der Waals surface area contributed by atoms with Crippen molar-refractivity contribution >= 4 is 15.9 Å². The molecule has 2 atom stereocenters. The molecule has 15 heavy (non-hydrogen) atoms. The SMILES string of the molecule is CCc1cccc(C2CCCC(Br)C2)c1. The number of benzene rings is 1. The summed E-state index contributed by atoms with van der Waals surface area (Å²) >= 11 is 3.76. The highest BCUT2D eigenvalue weighted by Gasteiger charge is 2.21. The Hall–Kier alpha value is -0.300. The van der Waals surface area contributed by atoms with Crippen LogP contribution < -0.4 is 0 Å². The number of halogens is 1. The first-order valence-electron chi connectivity index (χ1n) is 6.02. The standard InChI is InChI=1S/C14H19Br/c1-2-11-5-3-6-12(9-11)13-7-4-8-14(15)10-13/h3,5-6,9,13-14H,2,4,7-8,10H2,1H3. The van der Waals surface area contributed by atoms with E-state index >= 15 is 0 Å². The fourth-order valence-electron chi connectivity index (χ4n) is 2.50. The normalized spacial score (nSPS) is 26.5.